The minimum atomic E-state index is 0.0980. The number of hydrogen-bond donors (Lipinski definition) is 1. The van der Waals surface area contributed by atoms with Crippen LogP contribution in [0.2, 0.25) is 0 Å². The van der Waals surface area contributed by atoms with Gasteiger partial charge in [0.2, 0.25) is 0 Å². The molecule has 0 spiro atoms. The van der Waals surface area contributed by atoms with E-state index in [1.54, 1.807) is 24.6 Å². The molecule has 0 aliphatic rings. The molecule has 1 N–H and O–H groups in total. The van der Waals surface area contributed by atoms with Gasteiger partial charge in [0.15, 0.2) is 5.75 Å². The Morgan fingerprint density at radius 3 is 2.85 bits per heavy atom. The van der Waals surface area contributed by atoms with E-state index >= 15 is 0 Å². The van der Waals surface area contributed by atoms with E-state index in [9.17, 15) is 0 Å². The van der Waals surface area contributed by atoms with Gasteiger partial charge in [-0.3, -0.25) is 4.68 Å². The van der Waals surface area contributed by atoms with Gasteiger partial charge in [-0.15, -0.1) is 0 Å². The molecule has 5 nitrogen and oxygen atoms in total. The standard InChI is InChI=1S/C14H22N4OS/c1-15-13(11-5-8-20-10-11)14-12(19-4)9-16-18(14)7-6-17(2)3/h5,8-10,13,15H,6-7H2,1-4H3. The Kier molecular flexibility index (Phi) is 5.17. The fourth-order valence-electron chi connectivity index (χ4n) is 2.20. The van der Waals surface area contributed by atoms with Crippen LogP contribution in [0.5, 0.6) is 5.75 Å². The Morgan fingerprint density at radius 2 is 2.30 bits per heavy atom. The molecule has 2 aromatic heterocycles. The highest BCUT2D eigenvalue weighted by molar-refractivity contribution is 7.08. The van der Waals surface area contributed by atoms with Crippen molar-refractivity contribution in [3.63, 3.8) is 0 Å². The van der Waals surface area contributed by atoms with Crippen molar-refractivity contribution in [2.45, 2.75) is 12.6 Å². The van der Waals surface area contributed by atoms with Crippen LogP contribution < -0.4 is 10.1 Å². The van der Waals surface area contributed by atoms with Crippen LogP contribution in [0.4, 0.5) is 0 Å². The number of hydrogen-bond acceptors (Lipinski definition) is 5. The lowest BCUT2D eigenvalue weighted by Crippen LogP contribution is -2.25. The van der Waals surface area contributed by atoms with Crippen molar-refractivity contribution in [3.05, 3.63) is 34.3 Å². The summed E-state index contributed by atoms with van der Waals surface area (Å²) in [6, 6.07) is 2.23. The zero-order chi connectivity index (χ0) is 14.5. The van der Waals surface area contributed by atoms with Crippen molar-refractivity contribution in [2.75, 3.05) is 34.8 Å². The summed E-state index contributed by atoms with van der Waals surface area (Å²) in [5, 5.41) is 12.1. The average Bonchev–Trinajstić information content (AvgIpc) is 3.07. The van der Waals surface area contributed by atoms with Gasteiger partial charge in [0.1, 0.15) is 5.69 Å². The number of nitrogens with one attached hydrogen (secondary N) is 1. The summed E-state index contributed by atoms with van der Waals surface area (Å²) < 4.78 is 7.51. The fraction of sp³-hybridized carbons (Fsp3) is 0.500. The van der Waals surface area contributed by atoms with Gasteiger partial charge >= 0.3 is 0 Å². The van der Waals surface area contributed by atoms with Crippen LogP contribution >= 0.6 is 11.3 Å². The maximum atomic E-state index is 5.48. The summed E-state index contributed by atoms with van der Waals surface area (Å²) in [5.74, 6) is 0.828. The molecule has 110 valence electrons. The Bertz CT molecular complexity index is 521. The molecule has 1 atom stereocenters. The van der Waals surface area contributed by atoms with E-state index in [4.69, 9.17) is 4.74 Å². The third kappa shape index (κ3) is 3.20. The van der Waals surface area contributed by atoms with Gasteiger partial charge in [-0.2, -0.15) is 16.4 Å². The molecule has 0 aliphatic carbocycles. The molecule has 2 heterocycles. The first kappa shape index (κ1) is 15.0. The summed E-state index contributed by atoms with van der Waals surface area (Å²) in [7, 11) is 7.78. The van der Waals surface area contributed by atoms with Gasteiger partial charge in [-0.1, -0.05) is 0 Å². The van der Waals surface area contributed by atoms with Crippen LogP contribution in [0.25, 0.3) is 0 Å². The van der Waals surface area contributed by atoms with Crippen molar-refractivity contribution >= 4 is 11.3 Å². The number of rotatable bonds is 7. The second kappa shape index (κ2) is 6.88. The first-order valence-corrected chi connectivity index (χ1v) is 7.55. The quantitative estimate of drug-likeness (QED) is 0.846. The zero-order valence-electron chi connectivity index (χ0n) is 12.5. The van der Waals surface area contributed by atoms with Crippen LogP contribution in [0.1, 0.15) is 17.3 Å². The van der Waals surface area contributed by atoms with Crippen molar-refractivity contribution < 1.29 is 4.74 Å². The van der Waals surface area contributed by atoms with Crippen LogP contribution in [0.3, 0.4) is 0 Å². The van der Waals surface area contributed by atoms with Crippen molar-refractivity contribution in [3.8, 4) is 5.75 Å². The summed E-state index contributed by atoms with van der Waals surface area (Å²) >= 11 is 1.70. The molecule has 1 unspecified atom stereocenters. The summed E-state index contributed by atoms with van der Waals surface area (Å²) in [6.45, 7) is 1.78. The van der Waals surface area contributed by atoms with Crippen LogP contribution in [0.15, 0.2) is 23.0 Å². The minimum absolute atomic E-state index is 0.0980. The highest BCUT2D eigenvalue weighted by atomic mass is 32.1. The van der Waals surface area contributed by atoms with Crippen molar-refractivity contribution in [2.24, 2.45) is 0 Å². The first-order valence-electron chi connectivity index (χ1n) is 6.61. The van der Waals surface area contributed by atoms with E-state index in [1.807, 2.05) is 11.7 Å². The number of ether oxygens (including phenoxy) is 1. The third-order valence-corrected chi connectivity index (χ3v) is 3.96. The average molecular weight is 294 g/mol. The highest BCUT2D eigenvalue weighted by Gasteiger charge is 2.22. The van der Waals surface area contributed by atoms with Gasteiger partial charge in [-0.05, 0) is 43.5 Å². The molecule has 0 aromatic carbocycles. The van der Waals surface area contributed by atoms with E-state index < -0.39 is 0 Å². The first-order chi connectivity index (χ1) is 9.67. The van der Waals surface area contributed by atoms with E-state index in [0.717, 1.165) is 24.5 Å². The second-order valence-corrected chi connectivity index (χ2v) is 5.68. The minimum Gasteiger partial charge on any atom is -0.493 e. The van der Waals surface area contributed by atoms with Crippen LogP contribution in [-0.4, -0.2) is 49.5 Å². The van der Waals surface area contributed by atoms with E-state index in [0.29, 0.717) is 0 Å². The zero-order valence-corrected chi connectivity index (χ0v) is 13.3. The van der Waals surface area contributed by atoms with Crippen LogP contribution in [-0.2, 0) is 6.54 Å². The van der Waals surface area contributed by atoms with E-state index in [-0.39, 0.29) is 6.04 Å². The molecule has 0 saturated heterocycles. The SMILES string of the molecule is CNC(c1ccsc1)c1c(OC)cnn1CCN(C)C. The smallest absolute Gasteiger partial charge is 0.161 e. The molecule has 0 saturated carbocycles. The molecule has 0 aliphatic heterocycles. The molecule has 6 heteroatoms. The van der Waals surface area contributed by atoms with Gasteiger partial charge in [0.05, 0.1) is 25.9 Å². The molecular weight excluding hydrogens is 272 g/mol. The number of methoxy groups -OCH3 is 1. The summed E-state index contributed by atoms with van der Waals surface area (Å²) in [4.78, 5) is 2.15. The van der Waals surface area contributed by atoms with Crippen LogP contribution in [0, 0.1) is 0 Å². The Hall–Kier alpha value is -1.37. The highest BCUT2D eigenvalue weighted by Crippen LogP contribution is 2.30. The Labute approximate surface area is 124 Å². The van der Waals surface area contributed by atoms with Gasteiger partial charge in [-0.25, -0.2) is 0 Å². The normalized spacial score (nSPS) is 12.8. The Balaban J connectivity index is 2.34. The molecular formula is C14H22N4OS. The molecule has 2 rings (SSSR count). The molecule has 0 fully saturated rings. The van der Waals surface area contributed by atoms with Gasteiger partial charge < -0.3 is 15.0 Å². The molecule has 0 radical (unpaired) electrons. The van der Waals surface area contributed by atoms with Crippen molar-refractivity contribution in [1.82, 2.24) is 20.0 Å². The lowest BCUT2D eigenvalue weighted by Gasteiger charge is -2.19. The topological polar surface area (TPSA) is 42.3 Å². The summed E-state index contributed by atoms with van der Waals surface area (Å²) in [5.41, 5.74) is 2.32. The van der Waals surface area contributed by atoms with E-state index in [1.165, 1.54) is 5.56 Å². The maximum Gasteiger partial charge on any atom is 0.161 e. The molecule has 0 amide bonds. The Morgan fingerprint density at radius 1 is 1.50 bits per heavy atom. The molecule has 2 aromatic rings. The predicted molar refractivity (Wildman–Crippen MR) is 82.6 cm³/mol. The monoisotopic (exact) mass is 294 g/mol. The predicted octanol–water partition coefficient (Wildman–Crippen LogP) is 1.82. The number of aromatic nitrogens is 2. The summed E-state index contributed by atoms with van der Waals surface area (Å²) in [6.07, 6.45) is 1.79. The van der Waals surface area contributed by atoms with Crippen molar-refractivity contribution in [1.29, 1.82) is 0 Å². The number of likely N-dealkylation sites (N-methyl/N-ethyl adjacent to an activating group) is 1. The molecule has 20 heavy (non-hydrogen) atoms. The van der Waals surface area contributed by atoms with Gasteiger partial charge in [0, 0.05) is 6.54 Å². The maximum absolute atomic E-state index is 5.48. The third-order valence-electron chi connectivity index (χ3n) is 3.26. The lowest BCUT2D eigenvalue weighted by molar-refractivity contribution is 0.361. The molecule has 0 bridgehead atoms. The lowest BCUT2D eigenvalue weighted by atomic mass is 10.1. The van der Waals surface area contributed by atoms with E-state index in [2.05, 4.69) is 46.2 Å². The number of thiophene rings is 1. The second-order valence-electron chi connectivity index (χ2n) is 4.90. The largest absolute Gasteiger partial charge is 0.493 e. The van der Waals surface area contributed by atoms with Gasteiger partial charge in [0.25, 0.3) is 0 Å². The fourth-order valence-corrected chi connectivity index (χ4v) is 2.89. The number of nitrogens with zero attached hydrogens (tertiary/aromatic N) is 3.